The van der Waals surface area contributed by atoms with E-state index in [2.05, 4.69) is 0 Å². The molecule has 2 heterocycles. The monoisotopic (exact) mass is 285 g/mol. The smallest absolute Gasteiger partial charge is 0.326 e. The number of likely N-dealkylation sites (tertiary alicyclic amines) is 2. The highest BCUT2D eigenvalue weighted by atomic mass is 16.4. The Morgan fingerprint density at radius 1 is 1.15 bits per heavy atom. The number of aliphatic carboxylic acids is 1. The number of carbonyl (C=O) groups excluding carboxylic acids is 2. The Labute approximate surface area is 116 Å². The average molecular weight is 285 g/mol. The SMILES string of the molecule is NC(=O)C1CCN(C(=O)N2CC(O)C[C@H]2C(=O)O)CC1. The van der Waals surface area contributed by atoms with Crippen LogP contribution in [0.3, 0.4) is 0 Å². The number of hydrogen-bond acceptors (Lipinski definition) is 4. The third kappa shape index (κ3) is 2.84. The van der Waals surface area contributed by atoms with Crippen LogP contribution in [-0.4, -0.2) is 69.7 Å². The van der Waals surface area contributed by atoms with Crippen molar-refractivity contribution in [2.75, 3.05) is 19.6 Å². The number of carboxylic acid groups (broad SMARTS) is 1. The second-order valence-corrected chi connectivity index (χ2v) is 5.34. The number of piperidine rings is 1. The standard InChI is InChI=1S/C12H19N3O5/c13-10(17)7-1-3-14(4-2-7)12(20)15-6-8(16)5-9(15)11(18)19/h7-9,16H,1-6H2,(H2,13,17)(H,18,19)/t8?,9-/m0/s1. The molecule has 8 nitrogen and oxygen atoms in total. The van der Waals surface area contributed by atoms with Gasteiger partial charge in [-0.05, 0) is 12.8 Å². The first-order valence-corrected chi connectivity index (χ1v) is 6.66. The molecule has 0 radical (unpaired) electrons. The Hall–Kier alpha value is -1.83. The van der Waals surface area contributed by atoms with Gasteiger partial charge in [-0.3, -0.25) is 4.79 Å². The molecule has 0 aromatic rings. The summed E-state index contributed by atoms with van der Waals surface area (Å²) in [6.45, 7) is 0.794. The highest BCUT2D eigenvalue weighted by Gasteiger charge is 2.41. The minimum atomic E-state index is -1.11. The number of β-amino-alcohol motifs (C(OH)–C–C–N with tert-alkyl or cyclic N) is 1. The van der Waals surface area contributed by atoms with E-state index in [1.165, 1.54) is 9.80 Å². The van der Waals surface area contributed by atoms with Crippen molar-refractivity contribution in [1.29, 1.82) is 0 Å². The minimum Gasteiger partial charge on any atom is -0.480 e. The fraction of sp³-hybridized carbons (Fsp3) is 0.750. The van der Waals surface area contributed by atoms with E-state index in [1.54, 1.807) is 0 Å². The van der Waals surface area contributed by atoms with Crippen molar-refractivity contribution in [3.8, 4) is 0 Å². The molecular formula is C12H19N3O5. The van der Waals surface area contributed by atoms with E-state index in [-0.39, 0.29) is 24.8 Å². The zero-order chi connectivity index (χ0) is 14.9. The molecule has 3 amide bonds. The molecule has 112 valence electrons. The van der Waals surface area contributed by atoms with Gasteiger partial charge in [0.15, 0.2) is 0 Å². The Kier molecular flexibility index (Phi) is 4.12. The van der Waals surface area contributed by atoms with Gasteiger partial charge in [0.1, 0.15) is 6.04 Å². The molecule has 4 N–H and O–H groups in total. The largest absolute Gasteiger partial charge is 0.480 e. The van der Waals surface area contributed by atoms with Crippen molar-refractivity contribution in [3.05, 3.63) is 0 Å². The molecule has 2 fully saturated rings. The van der Waals surface area contributed by atoms with Crippen LogP contribution in [0.15, 0.2) is 0 Å². The Balaban J connectivity index is 1.98. The van der Waals surface area contributed by atoms with Gasteiger partial charge in [-0.1, -0.05) is 0 Å². The molecule has 20 heavy (non-hydrogen) atoms. The lowest BCUT2D eigenvalue weighted by Crippen LogP contribution is -2.51. The third-order valence-electron chi connectivity index (χ3n) is 3.98. The van der Waals surface area contributed by atoms with Crippen molar-refractivity contribution in [2.45, 2.75) is 31.4 Å². The fourth-order valence-electron chi connectivity index (χ4n) is 2.80. The van der Waals surface area contributed by atoms with Crippen molar-refractivity contribution < 1.29 is 24.6 Å². The number of nitrogens with two attached hydrogens (primary N) is 1. The van der Waals surface area contributed by atoms with E-state index in [9.17, 15) is 19.5 Å². The van der Waals surface area contributed by atoms with Crippen LogP contribution >= 0.6 is 0 Å². The van der Waals surface area contributed by atoms with Crippen LogP contribution in [0, 0.1) is 5.92 Å². The van der Waals surface area contributed by atoms with Crippen molar-refractivity contribution in [1.82, 2.24) is 9.80 Å². The highest BCUT2D eigenvalue weighted by Crippen LogP contribution is 2.23. The van der Waals surface area contributed by atoms with E-state index < -0.39 is 24.1 Å². The molecule has 2 atom stereocenters. The topological polar surface area (TPSA) is 124 Å². The quantitative estimate of drug-likeness (QED) is 0.589. The van der Waals surface area contributed by atoms with Crippen molar-refractivity contribution >= 4 is 17.9 Å². The first-order chi connectivity index (χ1) is 9.40. The summed E-state index contributed by atoms with van der Waals surface area (Å²) in [6, 6.07) is -1.37. The number of carboxylic acids is 1. The molecule has 2 rings (SSSR count). The lowest BCUT2D eigenvalue weighted by Gasteiger charge is -2.34. The molecule has 0 aromatic heterocycles. The summed E-state index contributed by atoms with van der Waals surface area (Å²) in [4.78, 5) is 37.2. The summed E-state index contributed by atoms with van der Waals surface area (Å²) in [5.41, 5.74) is 5.23. The van der Waals surface area contributed by atoms with Gasteiger partial charge < -0.3 is 25.7 Å². The molecule has 0 aromatic carbocycles. The maximum absolute atomic E-state index is 12.3. The molecule has 0 spiro atoms. The number of carbonyl (C=O) groups is 3. The van der Waals surface area contributed by atoms with Gasteiger partial charge in [0.05, 0.1) is 6.10 Å². The van der Waals surface area contributed by atoms with Gasteiger partial charge in [0, 0.05) is 32.0 Å². The Morgan fingerprint density at radius 3 is 2.25 bits per heavy atom. The van der Waals surface area contributed by atoms with Crippen molar-refractivity contribution in [3.63, 3.8) is 0 Å². The molecule has 2 aliphatic heterocycles. The van der Waals surface area contributed by atoms with Crippen LogP contribution in [0.25, 0.3) is 0 Å². The Morgan fingerprint density at radius 2 is 1.75 bits per heavy atom. The number of hydrogen-bond donors (Lipinski definition) is 3. The zero-order valence-corrected chi connectivity index (χ0v) is 11.1. The van der Waals surface area contributed by atoms with Crippen LogP contribution in [0.4, 0.5) is 4.79 Å². The predicted octanol–water partition coefficient (Wildman–Crippen LogP) is -1.18. The van der Waals surface area contributed by atoms with Crippen LogP contribution in [0.1, 0.15) is 19.3 Å². The lowest BCUT2D eigenvalue weighted by atomic mass is 9.96. The number of nitrogens with zero attached hydrogens (tertiary/aromatic N) is 2. The van der Waals surface area contributed by atoms with Gasteiger partial charge in [0.25, 0.3) is 0 Å². The lowest BCUT2D eigenvalue weighted by molar-refractivity contribution is -0.141. The minimum absolute atomic E-state index is 0.0333. The van der Waals surface area contributed by atoms with Crippen molar-refractivity contribution in [2.24, 2.45) is 11.7 Å². The summed E-state index contributed by atoms with van der Waals surface area (Å²) in [5.74, 6) is -1.70. The molecule has 2 aliphatic rings. The van der Waals surface area contributed by atoms with E-state index in [4.69, 9.17) is 10.8 Å². The van der Waals surface area contributed by atoms with E-state index in [0.717, 1.165) is 0 Å². The Bertz CT molecular complexity index is 419. The first kappa shape index (κ1) is 14.6. The second-order valence-electron chi connectivity index (χ2n) is 5.34. The van der Waals surface area contributed by atoms with E-state index >= 15 is 0 Å². The zero-order valence-electron chi connectivity index (χ0n) is 11.1. The maximum atomic E-state index is 12.3. The average Bonchev–Trinajstić information content (AvgIpc) is 2.80. The number of primary amides is 1. The second kappa shape index (κ2) is 5.66. The molecule has 1 unspecified atom stereocenters. The summed E-state index contributed by atoms with van der Waals surface area (Å²) >= 11 is 0. The van der Waals surface area contributed by atoms with E-state index in [0.29, 0.717) is 25.9 Å². The van der Waals surface area contributed by atoms with E-state index in [1.807, 2.05) is 0 Å². The summed E-state index contributed by atoms with van der Waals surface area (Å²) in [6.07, 6.45) is 0.242. The molecule has 0 aliphatic carbocycles. The number of aliphatic hydroxyl groups is 1. The van der Waals surface area contributed by atoms with Gasteiger partial charge in [-0.25, -0.2) is 9.59 Å². The summed E-state index contributed by atoms with van der Waals surface area (Å²) in [5, 5.41) is 18.6. The summed E-state index contributed by atoms with van der Waals surface area (Å²) < 4.78 is 0. The van der Waals surface area contributed by atoms with Crippen LogP contribution in [0.2, 0.25) is 0 Å². The van der Waals surface area contributed by atoms with Crippen LogP contribution in [0.5, 0.6) is 0 Å². The first-order valence-electron chi connectivity index (χ1n) is 6.66. The number of urea groups is 1. The van der Waals surface area contributed by atoms with Gasteiger partial charge >= 0.3 is 12.0 Å². The molecule has 0 bridgehead atoms. The van der Waals surface area contributed by atoms with Gasteiger partial charge in [-0.2, -0.15) is 0 Å². The molecule has 2 saturated heterocycles. The maximum Gasteiger partial charge on any atom is 0.326 e. The molecule has 0 saturated carbocycles. The van der Waals surface area contributed by atoms with Gasteiger partial charge in [0.2, 0.25) is 5.91 Å². The highest BCUT2D eigenvalue weighted by molar-refractivity contribution is 5.84. The van der Waals surface area contributed by atoms with Crippen LogP contribution < -0.4 is 5.73 Å². The normalized spacial score (nSPS) is 27.6. The predicted molar refractivity (Wildman–Crippen MR) is 67.6 cm³/mol. The number of rotatable bonds is 2. The summed E-state index contributed by atoms with van der Waals surface area (Å²) in [7, 11) is 0. The van der Waals surface area contributed by atoms with Crippen LogP contribution in [-0.2, 0) is 9.59 Å². The number of aliphatic hydroxyl groups excluding tert-OH is 1. The fourth-order valence-corrected chi connectivity index (χ4v) is 2.80. The molecule has 8 heteroatoms. The third-order valence-corrected chi connectivity index (χ3v) is 3.98. The number of amides is 3. The van der Waals surface area contributed by atoms with Gasteiger partial charge in [-0.15, -0.1) is 0 Å². The molecular weight excluding hydrogens is 266 g/mol.